The molecule has 0 saturated carbocycles. The van der Waals surface area contributed by atoms with Gasteiger partial charge in [0.2, 0.25) is 0 Å². The van der Waals surface area contributed by atoms with Crippen LogP contribution in [0.3, 0.4) is 0 Å². The van der Waals surface area contributed by atoms with E-state index in [4.69, 9.17) is 11.6 Å². The topological polar surface area (TPSA) is 43.1 Å². The lowest BCUT2D eigenvalue weighted by molar-refractivity contribution is 0.629. The van der Waals surface area contributed by atoms with Crippen molar-refractivity contribution in [1.82, 2.24) is 19.8 Å². The van der Waals surface area contributed by atoms with Crippen molar-refractivity contribution < 1.29 is 4.39 Å². The van der Waals surface area contributed by atoms with E-state index in [1.54, 1.807) is 17.5 Å². The first-order valence-electron chi connectivity index (χ1n) is 4.63. The summed E-state index contributed by atoms with van der Waals surface area (Å²) in [6, 6.07) is 4.33. The fraction of sp³-hybridized carbons (Fsp3) is 0.100. The predicted octanol–water partition coefficient (Wildman–Crippen LogP) is 2.38. The Kier molecular flexibility index (Phi) is 1.85. The van der Waals surface area contributed by atoms with Gasteiger partial charge in [-0.2, -0.15) is 9.61 Å². The van der Waals surface area contributed by atoms with E-state index in [9.17, 15) is 4.39 Å². The molecule has 4 nitrogen and oxygen atoms in total. The second-order valence-corrected chi connectivity index (χ2v) is 3.82. The molecule has 6 heteroatoms. The van der Waals surface area contributed by atoms with Gasteiger partial charge in [-0.25, -0.2) is 4.39 Å². The van der Waals surface area contributed by atoms with Crippen molar-refractivity contribution in [3.05, 3.63) is 35.0 Å². The van der Waals surface area contributed by atoms with Crippen molar-refractivity contribution in [3.63, 3.8) is 0 Å². The van der Waals surface area contributed by atoms with Crippen LogP contribution in [0.15, 0.2) is 18.2 Å². The highest BCUT2D eigenvalue weighted by molar-refractivity contribution is 6.34. The number of aryl methyl sites for hydroxylation is 1. The number of hydrogen-bond donors (Lipinski definition) is 0. The average molecular weight is 237 g/mol. The van der Waals surface area contributed by atoms with Gasteiger partial charge in [0, 0.05) is 10.8 Å². The minimum absolute atomic E-state index is 0.241. The number of aromatic nitrogens is 4. The van der Waals surface area contributed by atoms with E-state index in [1.165, 1.54) is 12.1 Å². The van der Waals surface area contributed by atoms with E-state index in [-0.39, 0.29) is 11.0 Å². The van der Waals surface area contributed by atoms with Gasteiger partial charge in [0.25, 0.3) is 0 Å². The lowest BCUT2D eigenvalue weighted by atomic mass is 10.2. The highest BCUT2D eigenvalue weighted by atomic mass is 35.5. The summed E-state index contributed by atoms with van der Waals surface area (Å²) in [5, 5.41) is 13.5. The maximum Gasteiger partial charge on any atom is 0.185 e. The molecule has 0 spiro atoms. The minimum Gasteiger partial charge on any atom is -0.207 e. The summed E-state index contributed by atoms with van der Waals surface area (Å²) in [7, 11) is 0. The van der Waals surface area contributed by atoms with Crippen LogP contribution in [0.4, 0.5) is 4.39 Å². The van der Waals surface area contributed by atoms with Crippen LogP contribution in [0.25, 0.3) is 16.4 Å². The third-order valence-corrected chi connectivity index (χ3v) is 2.71. The summed E-state index contributed by atoms with van der Waals surface area (Å²) in [4.78, 5) is 0. The van der Waals surface area contributed by atoms with Crippen LogP contribution in [0.5, 0.6) is 0 Å². The molecule has 0 aliphatic carbocycles. The number of fused-ring (bicyclic) bond motifs is 3. The van der Waals surface area contributed by atoms with Gasteiger partial charge in [0.05, 0.1) is 0 Å². The molecule has 16 heavy (non-hydrogen) atoms. The van der Waals surface area contributed by atoms with Crippen LogP contribution in [-0.4, -0.2) is 19.8 Å². The van der Waals surface area contributed by atoms with Crippen molar-refractivity contribution in [3.8, 4) is 0 Å². The summed E-state index contributed by atoms with van der Waals surface area (Å²) in [6.07, 6.45) is 0. The molecule has 0 aliphatic heterocycles. The van der Waals surface area contributed by atoms with Gasteiger partial charge in [-0.15, -0.1) is 10.2 Å². The lowest BCUT2D eigenvalue weighted by Crippen LogP contribution is -1.96. The Hall–Kier alpha value is -1.75. The number of nitrogens with zero attached hydrogens (tertiary/aromatic N) is 4. The molecule has 0 bridgehead atoms. The normalized spacial score (nSPS) is 11.4. The standard InChI is InChI=1S/C10H6ClFN4/c1-5-13-14-10-7-3-2-6(12)4-8(7)9(11)15-16(5)10/h2-4H,1H3. The Morgan fingerprint density at radius 3 is 2.88 bits per heavy atom. The summed E-state index contributed by atoms with van der Waals surface area (Å²) in [6.45, 7) is 1.78. The minimum atomic E-state index is -0.350. The van der Waals surface area contributed by atoms with Crippen LogP contribution in [0, 0.1) is 12.7 Å². The van der Waals surface area contributed by atoms with Gasteiger partial charge in [0.1, 0.15) is 5.82 Å². The van der Waals surface area contributed by atoms with Gasteiger partial charge < -0.3 is 0 Å². The first kappa shape index (κ1) is 9.47. The summed E-state index contributed by atoms with van der Waals surface area (Å²) in [5.74, 6) is 0.292. The first-order valence-corrected chi connectivity index (χ1v) is 5.01. The molecule has 0 fully saturated rings. The Labute approximate surface area is 94.7 Å². The Bertz CT molecular complexity index is 707. The summed E-state index contributed by atoms with van der Waals surface area (Å²) >= 11 is 5.98. The molecule has 0 aliphatic rings. The van der Waals surface area contributed by atoms with Gasteiger partial charge in [-0.1, -0.05) is 11.6 Å². The van der Waals surface area contributed by atoms with Crippen LogP contribution in [0.1, 0.15) is 5.82 Å². The maximum absolute atomic E-state index is 13.1. The second-order valence-electron chi connectivity index (χ2n) is 3.46. The van der Waals surface area contributed by atoms with E-state index in [2.05, 4.69) is 15.3 Å². The summed E-state index contributed by atoms with van der Waals surface area (Å²) < 4.78 is 14.6. The molecule has 3 rings (SSSR count). The van der Waals surface area contributed by atoms with Crippen molar-refractivity contribution in [2.45, 2.75) is 6.92 Å². The molecule has 0 N–H and O–H groups in total. The number of benzene rings is 1. The third kappa shape index (κ3) is 1.18. The molecule has 0 saturated heterocycles. The highest BCUT2D eigenvalue weighted by Gasteiger charge is 2.11. The second kappa shape index (κ2) is 3.12. The van der Waals surface area contributed by atoms with Crippen molar-refractivity contribution in [2.75, 3.05) is 0 Å². The Morgan fingerprint density at radius 2 is 2.06 bits per heavy atom. The largest absolute Gasteiger partial charge is 0.207 e. The van der Waals surface area contributed by atoms with E-state index >= 15 is 0 Å². The van der Waals surface area contributed by atoms with Crippen LogP contribution in [0.2, 0.25) is 5.15 Å². The molecule has 0 atom stereocenters. The molecule has 0 radical (unpaired) electrons. The van der Waals surface area contributed by atoms with Gasteiger partial charge in [-0.3, -0.25) is 0 Å². The molecular formula is C10H6ClFN4. The van der Waals surface area contributed by atoms with Gasteiger partial charge >= 0.3 is 0 Å². The zero-order chi connectivity index (χ0) is 11.3. The Morgan fingerprint density at radius 1 is 1.25 bits per heavy atom. The zero-order valence-corrected chi connectivity index (χ0v) is 9.03. The maximum atomic E-state index is 13.1. The van der Waals surface area contributed by atoms with Crippen molar-refractivity contribution >= 4 is 28.0 Å². The molecule has 2 heterocycles. The molecular weight excluding hydrogens is 231 g/mol. The van der Waals surface area contributed by atoms with Gasteiger partial charge in [-0.05, 0) is 25.1 Å². The molecule has 1 aromatic carbocycles. The number of hydrogen-bond acceptors (Lipinski definition) is 3. The number of rotatable bonds is 0. The van der Waals surface area contributed by atoms with Crippen LogP contribution in [-0.2, 0) is 0 Å². The molecule has 3 aromatic rings. The van der Waals surface area contributed by atoms with E-state index in [1.807, 2.05) is 0 Å². The first-order chi connectivity index (χ1) is 7.66. The summed E-state index contributed by atoms with van der Waals surface area (Å²) in [5.41, 5.74) is 0.580. The molecule has 0 unspecified atom stereocenters. The lowest BCUT2D eigenvalue weighted by Gasteiger charge is -2.02. The van der Waals surface area contributed by atoms with Crippen LogP contribution < -0.4 is 0 Å². The predicted molar refractivity (Wildman–Crippen MR) is 58.0 cm³/mol. The average Bonchev–Trinajstić information content (AvgIpc) is 2.61. The fourth-order valence-corrected chi connectivity index (χ4v) is 1.90. The van der Waals surface area contributed by atoms with Crippen LogP contribution >= 0.6 is 11.6 Å². The number of halogens is 2. The van der Waals surface area contributed by atoms with Crippen molar-refractivity contribution in [1.29, 1.82) is 0 Å². The Balaban J connectivity index is 2.60. The zero-order valence-electron chi connectivity index (χ0n) is 8.28. The van der Waals surface area contributed by atoms with E-state index in [0.717, 1.165) is 5.39 Å². The monoisotopic (exact) mass is 236 g/mol. The highest BCUT2D eigenvalue weighted by Crippen LogP contribution is 2.25. The molecule has 2 aromatic heterocycles. The molecule has 80 valence electrons. The fourth-order valence-electron chi connectivity index (χ4n) is 1.67. The SMILES string of the molecule is Cc1nnc2c3ccc(F)cc3c(Cl)nn12. The van der Waals surface area contributed by atoms with Crippen molar-refractivity contribution in [2.24, 2.45) is 0 Å². The van der Waals surface area contributed by atoms with E-state index < -0.39 is 0 Å². The third-order valence-electron chi connectivity index (χ3n) is 2.43. The van der Waals surface area contributed by atoms with E-state index in [0.29, 0.717) is 16.9 Å². The molecule has 0 amide bonds. The smallest absolute Gasteiger partial charge is 0.185 e. The quantitative estimate of drug-likeness (QED) is 0.602. The van der Waals surface area contributed by atoms with Gasteiger partial charge in [0.15, 0.2) is 16.6 Å².